The Morgan fingerprint density at radius 1 is 0.964 bits per heavy atom. The summed E-state index contributed by atoms with van der Waals surface area (Å²) in [6.07, 6.45) is 0.0851. The van der Waals surface area contributed by atoms with Crippen molar-refractivity contribution in [3.8, 4) is 11.5 Å². The van der Waals surface area contributed by atoms with E-state index in [2.05, 4.69) is 0 Å². The standard InChI is InChI=1S/C21H19NO6/c1-26-20-7-4-16-12-15(2-3-17(16)13-20)14-28-21(23)10-11-27-19-8-5-18(6-9-19)22(24)25/h2-9,12-13H,10-11,14H2,1H3. The summed E-state index contributed by atoms with van der Waals surface area (Å²) in [5.74, 6) is 0.875. The second-order valence-corrected chi connectivity index (χ2v) is 6.06. The number of ether oxygens (including phenoxy) is 3. The molecule has 0 N–H and O–H groups in total. The van der Waals surface area contributed by atoms with E-state index >= 15 is 0 Å². The third-order valence-electron chi connectivity index (χ3n) is 4.13. The number of nitrogens with zero attached hydrogens (tertiary/aromatic N) is 1. The normalized spacial score (nSPS) is 10.5. The van der Waals surface area contributed by atoms with Gasteiger partial charge in [0, 0.05) is 12.1 Å². The third-order valence-corrected chi connectivity index (χ3v) is 4.13. The highest BCUT2D eigenvalue weighted by molar-refractivity contribution is 5.84. The van der Waals surface area contributed by atoms with Crippen molar-refractivity contribution in [2.24, 2.45) is 0 Å². The van der Waals surface area contributed by atoms with Crippen LogP contribution in [-0.2, 0) is 16.1 Å². The first-order valence-electron chi connectivity index (χ1n) is 8.65. The molecular weight excluding hydrogens is 362 g/mol. The van der Waals surface area contributed by atoms with Gasteiger partial charge in [0.25, 0.3) is 5.69 Å². The van der Waals surface area contributed by atoms with Crippen LogP contribution in [0.25, 0.3) is 10.8 Å². The van der Waals surface area contributed by atoms with E-state index in [1.54, 1.807) is 7.11 Å². The number of fused-ring (bicyclic) bond motifs is 1. The van der Waals surface area contributed by atoms with E-state index in [1.165, 1.54) is 24.3 Å². The highest BCUT2D eigenvalue weighted by Gasteiger charge is 2.07. The Balaban J connectivity index is 1.46. The molecule has 144 valence electrons. The van der Waals surface area contributed by atoms with Gasteiger partial charge in [0.15, 0.2) is 0 Å². The molecule has 0 aromatic heterocycles. The van der Waals surface area contributed by atoms with Crippen molar-refractivity contribution >= 4 is 22.4 Å². The zero-order chi connectivity index (χ0) is 19.9. The molecule has 0 heterocycles. The van der Waals surface area contributed by atoms with E-state index in [9.17, 15) is 14.9 Å². The second-order valence-electron chi connectivity index (χ2n) is 6.06. The summed E-state index contributed by atoms with van der Waals surface area (Å²) >= 11 is 0. The van der Waals surface area contributed by atoms with Gasteiger partial charge in [-0.15, -0.1) is 0 Å². The Hall–Kier alpha value is -3.61. The minimum absolute atomic E-state index is 0.0133. The first-order chi connectivity index (χ1) is 13.5. The van der Waals surface area contributed by atoms with Gasteiger partial charge in [-0.25, -0.2) is 0 Å². The number of carbonyl (C=O) groups is 1. The summed E-state index contributed by atoms with van der Waals surface area (Å²) in [4.78, 5) is 22.0. The maximum atomic E-state index is 11.9. The van der Waals surface area contributed by atoms with E-state index in [4.69, 9.17) is 14.2 Å². The Bertz CT molecular complexity index is 984. The molecule has 3 aromatic rings. The van der Waals surface area contributed by atoms with Crippen LogP contribution in [0.5, 0.6) is 11.5 Å². The number of esters is 1. The van der Waals surface area contributed by atoms with E-state index < -0.39 is 4.92 Å². The fourth-order valence-electron chi connectivity index (χ4n) is 2.64. The van der Waals surface area contributed by atoms with Gasteiger partial charge in [0.2, 0.25) is 0 Å². The van der Waals surface area contributed by atoms with Crippen LogP contribution in [0.2, 0.25) is 0 Å². The van der Waals surface area contributed by atoms with Crippen LogP contribution in [0.4, 0.5) is 5.69 Å². The van der Waals surface area contributed by atoms with Crippen LogP contribution in [-0.4, -0.2) is 24.6 Å². The van der Waals surface area contributed by atoms with Crippen molar-refractivity contribution in [3.05, 3.63) is 76.3 Å². The maximum absolute atomic E-state index is 11.9. The van der Waals surface area contributed by atoms with E-state index in [0.717, 1.165) is 22.1 Å². The molecule has 0 aliphatic heterocycles. The average Bonchev–Trinajstić information content (AvgIpc) is 2.72. The minimum Gasteiger partial charge on any atom is -0.497 e. The topological polar surface area (TPSA) is 87.9 Å². The first kappa shape index (κ1) is 19.2. The van der Waals surface area contributed by atoms with Crippen LogP contribution in [0, 0.1) is 10.1 Å². The zero-order valence-corrected chi connectivity index (χ0v) is 15.3. The molecule has 0 fully saturated rings. The Labute approximate surface area is 161 Å². The largest absolute Gasteiger partial charge is 0.497 e. The number of hydrogen-bond donors (Lipinski definition) is 0. The number of carbonyl (C=O) groups excluding carboxylic acids is 1. The van der Waals surface area contributed by atoms with Crippen LogP contribution in [0.1, 0.15) is 12.0 Å². The fraction of sp³-hybridized carbons (Fsp3) is 0.190. The van der Waals surface area contributed by atoms with Gasteiger partial charge >= 0.3 is 5.97 Å². The number of nitro groups is 1. The lowest BCUT2D eigenvalue weighted by Gasteiger charge is -2.08. The molecule has 0 radical (unpaired) electrons. The maximum Gasteiger partial charge on any atom is 0.309 e. The lowest BCUT2D eigenvalue weighted by Crippen LogP contribution is -2.10. The number of benzene rings is 3. The van der Waals surface area contributed by atoms with Crippen molar-refractivity contribution in [3.63, 3.8) is 0 Å². The van der Waals surface area contributed by atoms with E-state index in [0.29, 0.717) is 5.75 Å². The molecule has 0 atom stereocenters. The van der Waals surface area contributed by atoms with Crippen molar-refractivity contribution in [2.45, 2.75) is 13.0 Å². The summed E-state index contributed by atoms with van der Waals surface area (Å²) in [6.45, 7) is 0.312. The molecule has 0 bridgehead atoms. The molecule has 3 aromatic carbocycles. The highest BCUT2D eigenvalue weighted by Crippen LogP contribution is 2.22. The average molecular weight is 381 g/mol. The predicted octanol–water partition coefficient (Wildman–Crippen LogP) is 4.27. The molecule has 3 rings (SSSR count). The number of non-ortho nitro benzene ring substituents is 1. The van der Waals surface area contributed by atoms with E-state index in [1.807, 2.05) is 36.4 Å². The smallest absolute Gasteiger partial charge is 0.309 e. The molecule has 0 amide bonds. The van der Waals surface area contributed by atoms with Crippen LogP contribution >= 0.6 is 0 Å². The SMILES string of the molecule is COc1ccc2cc(COC(=O)CCOc3ccc([N+](=O)[O-])cc3)ccc2c1. The molecule has 0 aliphatic carbocycles. The molecule has 0 saturated heterocycles. The first-order valence-corrected chi connectivity index (χ1v) is 8.65. The van der Waals surface area contributed by atoms with Crippen LogP contribution < -0.4 is 9.47 Å². The Morgan fingerprint density at radius 3 is 2.36 bits per heavy atom. The fourth-order valence-corrected chi connectivity index (χ4v) is 2.64. The molecule has 0 aliphatic rings. The lowest BCUT2D eigenvalue weighted by molar-refractivity contribution is -0.384. The number of methoxy groups -OCH3 is 1. The number of hydrogen-bond acceptors (Lipinski definition) is 6. The quantitative estimate of drug-likeness (QED) is 0.329. The van der Waals surface area contributed by atoms with Crippen molar-refractivity contribution in [2.75, 3.05) is 13.7 Å². The molecule has 0 unspecified atom stereocenters. The molecule has 0 saturated carbocycles. The van der Waals surface area contributed by atoms with E-state index in [-0.39, 0.29) is 31.3 Å². The summed E-state index contributed by atoms with van der Waals surface area (Å²) in [5.41, 5.74) is 0.878. The summed E-state index contributed by atoms with van der Waals surface area (Å²) in [6, 6.07) is 17.3. The summed E-state index contributed by atoms with van der Waals surface area (Å²) in [7, 11) is 1.63. The molecular formula is C21H19NO6. The van der Waals surface area contributed by atoms with Gasteiger partial charge in [-0.1, -0.05) is 18.2 Å². The predicted molar refractivity (Wildman–Crippen MR) is 104 cm³/mol. The minimum atomic E-state index is -0.482. The van der Waals surface area contributed by atoms with Crippen molar-refractivity contribution in [1.82, 2.24) is 0 Å². The van der Waals surface area contributed by atoms with Gasteiger partial charge in [-0.05, 0) is 46.7 Å². The van der Waals surface area contributed by atoms with Gasteiger partial charge in [0.05, 0.1) is 25.1 Å². The van der Waals surface area contributed by atoms with Crippen LogP contribution in [0.3, 0.4) is 0 Å². The molecule has 28 heavy (non-hydrogen) atoms. The Kier molecular flexibility index (Phi) is 6.06. The highest BCUT2D eigenvalue weighted by atomic mass is 16.6. The molecule has 0 spiro atoms. The van der Waals surface area contributed by atoms with Crippen molar-refractivity contribution in [1.29, 1.82) is 0 Å². The van der Waals surface area contributed by atoms with Gasteiger partial charge in [-0.2, -0.15) is 0 Å². The lowest BCUT2D eigenvalue weighted by atomic mass is 10.1. The van der Waals surface area contributed by atoms with Gasteiger partial charge in [0.1, 0.15) is 18.1 Å². The summed E-state index contributed by atoms with van der Waals surface area (Å²) in [5, 5.41) is 12.7. The van der Waals surface area contributed by atoms with Gasteiger partial charge < -0.3 is 14.2 Å². The number of rotatable bonds is 8. The second kappa shape index (κ2) is 8.85. The molecule has 7 heteroatoms. The number of nitro benzene ring substituents is 1. The van der Waals surface area contributed by atoms with Crippen molar-refractivity contribution < 1.29 is 23.9 Å². The Morgan fingerprint density at radius 2 is 1.64 bits per heavy atom. The summed E-state index contributed by atoms with van der Waals surface area (Å²) < 4.78 is 15.9. The molecule has 7 nitrogen and oxygen atoms in total. The monoisotopic (exact) mass is 381 g/mol. The van der Waals surface area contributed by atoms with Crippen LogP contribution in [0.15, 0.2) is 60.7 Å². The van der Waals surface area contributed by atoms with Gasteiger partial charge in [-0.3, -0.25) is 14.9 Å². The zero-order valence-electron chi connectivity index (χ0n) is 15.3. The third kappa shape index (κ3) is 4.97.